The first-order valence-electron chi connectivity index (χ1n) is 5.89. The van der Waals surface area contributed by atoms with Gasteiger partial charge in [-0.05, 0) is 17.2 Å². The Balaban J connectivity index is 2.19. The van der Waals surface area contributed by atoms with Gasteiger partial charge < -0.3 is 10.5 Å². The van der Waals surface area contributed by atoms with E-state index in [9.17, 15) is 0 Å². The van der Waals surface area contributed by atoms with Crippen molar-refractivity contribution in [2.45, 2.75) is 12.5 Å². The molecule has 1 atom stereocenters. The zero-order valence-corrected chi connectivity index (χ0v) is 9.60. The molecule has 2 heteroatoms. The van der Waals surface area contributed by atoms with Crippen LogP contribution in [-0.4, -0.2) is 6.54 Å². The Morgan fingerprint density at radius 3 is 2.53 bits per heavy atom. The fourth-order valence-corrected chi connectivity index (χ4v) is 2.48. The molecule has 2 aromatic rings. The van der Waals surface area contributed by atoms with Crippen molar-refractivity contribution in [3.05, 3.63) is 65.2 Å². The minimum absolute atomic E-state index is 0.241. The molecule has 0 saturated heterocycles. The lowest BCUT2D eigenvalue weighted by molar-refractivity contribution is 0.307. The Kier molecular flexibility index (Phi) is 2.57. The van der Waals surface area contributed by atoms with Gasteiger partial charge in [-0.1, -0.05) is 42.5 Å². The SMILES string of the molecule is NCC1c2ccccc2COc2ccccc21. The van der Waals surface area contributed by atoms with Crippen molar-refractivity contribution >= 4 is 0 Å². The molecule has 0 spiro atoms. The molecule has 86 valence electrons. The first kappa shape index (κ1) is 10.4. The number of para-hydroxylation sites is 1. The monoisotopic (exact) mass is 225 g/mol. The van der Waals surface area contributed by atoms with Crippen molar-refractivity contribution in [1.29, 1.82) is 0 Å². The highest BCUT2D eigenvalue weighted by Crippen LogP contribution is 2.36. The average molecular weight is 225 g/mol. The smallest absolute Gasteiger partial charge is 0.123 e. The van der Waals surface area contributed by atoms with E-state index in [1.165, 1.54) is 16.7 Å². The van der Waals surface area contributed by atoms with Gasteiger partial charge in [-0.2, -0.15) is 0 Å². The predicted octanol–water partition coefficient (Wildman–Crippen LogP) is 2.67. The fraction of sp³-hybridized carbons (Fsp3) is 0.200. The summed E-state index contributed by atoms with van der Waals surface area (Å²) in [5.74, 6) is 1.20. The Labute approximate surface area is 101 Å². The molecule has 0 bridgehead atoms. The number of fused-ring (bicyclic) bond motifs is 2. The van der Waals surface area contributed by atoms with Crippen LogP contribution in [-0.2, 0) is 6.61 Å². The molecule has 1 aliphatic rings. The highest BCUT2D eigenvalue weighted by Gasteiger charge is 2.22. The van der Waals surface area contributed by atoms with Crippen LogP contribution in [0.4, 0.5) is 0 Å². The molecule has 0 radical (unpaired) electrons. The number of ether oxygens (including phenoxy) is 1. The van der Waals surface area contributed by atoms with Crippen LogP contribution in [0.3, 0.4) is 0 Å². The minimum Gasteiger partial charge on any atom is -0.489 e. The second-order valence-electron chi connectivity index (χ2n) is 4.31. The lowest BCUT2D eigenvalue weighted by Gasteiger charge is -2.16. The molecule has 0 aliphatic carbocycles. The van der Waals surface area contributed by atoms with Crippen LogP contribution in [0.1, 0.15) is 22.6 Å². The van der Waals surface area contributed by atoms with Gasteiger partial charge >= 0.3 is 0 Å². The molecule has 0 saturated carbocycles. The molecule has 0 amide bonds. The Morgan fingerprint density at radius 1 is 1.00 bits per heavy atom. The first-order chi connectivity index (χ1) is 8.40. The zero-order valence-electron chi connectivity index (χ0n) is 9.60. The van der Waals surface area contributed by atoms with Crippen LogP contribution in [0.5, 0.6) is 5.75 Å². The summed E-state index contributed by atoms with van der Waals surface area (Å²) < 4.78 is 5.85. The second kappa shape index (κ2) is 4.22. The normalized spacial score (nSPS) is 17.6. The van der Waals surface area contributed by atoms with Crippen molar-refractivity contribution in [3.8, 4) is 5.75 Å². The van der Waals surface area contributed by atoms with Gasteiger partial charge in [0.15, 0.2) is 0 Å². The van der Waals surface area contributed by atoms with Crippen molar-refractivity contribution < 1.29 is 4.74 Å². The van der Waals surface area contributed by atoms with Crippen LogP contribution in [0.25, 0.3) is 0 Å². The topological polar surface area (TPSA) is 35.2 Å². The van der Waals surface area contributed by atoms with E-state index in [4.69, 9.17) is 10.5 Å². The van der Waals surface area contributed by atoms with Gasteiger partial charge in [-0.3, -0.25) is 0 Å². The summed E-state index contributed by atoms with van der Waals surface area (Å²) >= 11 is 0. The van der Waals surface area contributed by atoms with Crippen LogP contribution in [0, 0.1) is 0 Å². The summed E-state index contributed by atoms with van der Waals surface area (Å²) in [4.78, 5) is 0. The third-order valence-electron chi connectivity index (χ3n) is 3.34. The largest absolute Gasteiger partial charge is 0.489 e. The summed E-state index contributed by atoms with van der Waals surface area (Å²) in [6.07, 6.45) is 0. The Bertz CT molecular complexity index is 488. The third kappa shape index (κ3) is 1.71. The van der Waals surface area contributed by atoms with Gasteiger partial charge in [0, 0.05) is 18.0 Å². The van der Waals surface area contributed by atoms with Gasteiger partial charge in [0.05, 0.1) is 0 Å². The maximum Gasteiger partial charge on any atom is 0.123 e. The number of benzene rings is 2. The molecule has 2 nitrogen and oxygen atoms in total. The molecule has 0 aromatic heterocycles. The molecule has 2 aromatic carbocycles. The second-order valence-corrected chi connectivity index (χ2v) is 4.31. The first-order valence-corrected chi connectivity index (χ1v) is 5.89. The molecule has 1 heterocycles. The van der Waals surface area contributed by atoms with E-state index in [2.05, 4.69) is 24.3 Å². The number of hydrogen-bond donors (Lipinski definition) is 1. The van der Waals surface area contributed by atoms with E-state index < -0.39 is 0 Å². The summed E-state index contributed by atoms with van der Waals surface area (Å²) in [6, 6.07) is 16.5. The van der Waals surface area contributed by atoms with Crippen molar-refractivity contribution in [3.63, 3.8) is 0 Å². The van der Waals surface area contributed by atoms with Crippen molar-refractivity contribution in [2.24, 2.45) is 5.73 Å². The Morgan fingerprint density at radius 2 is 1.71 bits per heavy atom. The van der Waals surface area contributed by atoms with Crippen molar-refractivity contribution in [2.75, 3.05) is 6.54 Å². The van der Waals surface area contributed by atoms with Gasteiger partial charge in [-0.25, -0.2) is 0 Å². The lowest BCUT2D eigenvalue weighted by Crippen LogP contribution is -2.14. The molecule has 0 fully saturated rings. The molecule has 3 rings (SSSR count). The summed E-state index contributed by atoms with van der Waals surface area (Å²) in [5, 5.41) is 0. The van der Waals surface area contributed by atoms with Crippen molar-refractivity contribution in [1.82, 2.24) is 0 Å². The highest BCUT2D eigenvalue weighted by atomic mass is 16.5. The van der Waals surface area contributed by atoms with Crippen LogP contribution in [0.15, 0.2) is 48.5 Å². The van der Waals surface area contributed by atoms with Gasteiger partial charge in [0.25, 0.3) is 0 Å². The molecule has 1 aliphatic heterocycles. The molecule has 1 unspecified atom stereocenters. The molecular formula is C15H15NO. The summed E-state index contributed by atoms with van der Waals surface area (Å²) in [5.41, 5.74) is 9.67. The van der Waals surface area contributed by atoms with Crippen LogP contribution >= 0.6 is 0 Å². The lowest BCUT2D eigenvalue weighted by atomic mass is 9.89. The quantitative estimate of drug-likeness (QED) is 0.809. The molecular weight excluding hydrogens is 210 g/mol. The summed E-state index contributed by atoms with van der Waals surface area (Å²) in [7, 11) is 0. The van der Waals surface area contributed by atoms with E-state index in [0.717, 1.165) is 5.75 Å². The number of hydrogen-bond acceptors (Lipinski definition) is 2. The third-order valence-corrected chi connectivity index (χ3v) is 3.34. The Hall–Kier alpha value is -1.80. The highest BCUT2D eigenvalue weighted by molar-refractivity contribution is 5.46. The van der Waals surface area contributed by atoms with E-state index in [0.29, 0.717) is 13.2 Å². The minimum atomic E-state index is 0.241. The van der Waals surface area contributed by atoms with Crippen LogP contribution < -0.4 is 10.5 Å². The van der Waals surface area contributed by atoms with Gasteiger partial charge in [0.1, 0.15) is 12.4 Å². The summed E-state index contributed by atoms with van der Waals surface area (Å²) in [6.45, 7) is 1.24. The number of rotatable bonds is 1. The van der Waals surface area contributed by atoms with E-state index in [1.54, 1.807) is 0 Å². The average Bonchev–Trinajstić information content (AvgIpc) is 2.55. The van der Waals surface area contributed by atoms with Gasteiger partial charge in [-0.15, -0.1) is 0 Å². The molecule has 17 heavy (non-hydrogen) atoms. The van der Waals surface area contributed by atoms with E-state index in [-0.39, 0.29) is 5.92 Å². The van der Waals surface area contributed by atoms with Gasteiger partial charge in [0.2, 0.25) is 0 Å². The predicted molar refractivity (Wildman–Crippen MR) is 68.1 cm³/mol. The van der Waals surface area contributed by atoms with E-state index >= 15 is 0 Å². The fourth-order valence-electron chi connectivity index (χ4n) is 2.48. The molecule has 2 N–H and O–H groups in total. The maximum atomic E-state index is 5.95. The maximum absolute atomic E-state index is 5.95. The number of nitrogens with two attached hydrogens (primary N) is 1. The van der Waals surface area contributed by atoms with Crippen LogP contribution in [0.2, 0.25) is 0 Å². The van der Waals surface area contributed by atoms with E-state index in [1.807, 2.05) is 24.3 Å². The standard InChI is InChI=1S/C15H15NO/c16-9-14-12-6-2-1-5-11(12)10-17-15-8-4-3-7-13(14)15/h1-8,14H,9-10,16H2. The zero-order chi connectivity index (χ0) is 11.7.